The Morgan fingerprint density at radius 3 is 2.65 bits per heavy atom. The number of rotatable bonds is 7. The second-order valence-corrected chi connectivity index (χ2v) is 6.81. The summed E-state index contributed by atoms with van der Waals surface area (Å²) in [6.45, 7) is 2.33. The van der Waals surface area contributed by atoms with Crippen LogP contribution in [0.5, 0.6) is 0 Å². The number of nitrogens with one attached hydrogen (secondary N) is 1. The predicted molar refractivity (Wildman–Crippen MR) is 102 cm³/mol. The molecule has 0 unspecified atom stereocenters. The van der Waals surface area contributed by atoms with Crippen LogP contribution in [0.4, 0.5) is 0 Å². The molecule has 5 nitrogen and oxygen atoms in total. The van der Waals surface area contributed by atoms with Crippen LogP contribution < -0.4 is 5.32 Å². The van der Waals surface area contributed by atoms with Gasteiger partial charge < -0.3 is 5.32 Å². The largest absolute Gasteiger partial charge is 0.350 e. The molecule has 26 heavy (non-hydrogen) atoms. The van der Waals surface area contributed by atoms with Crippen molar-refractivity contribution < 1.29 is 9.59 Å². The van der Waals surface area contributed by atoms with E-state index >= 15 is 0 Å². The van der Waals surface area contributed by atoms with E-state index in [0.29, 0.717) is 12.1 Å². The molecule has 1 amide bonds. The van der Waals surface area contributed by atoms with E-state index in [1.165, 1.54) is 11.3 Å². The number of Topliss-reactive ketones (excluding diaryl/α,β-unsaturated/α-hetero) is 1. The van der Waals surface area contributed by atoms with Crippen molar-refractivity contribution in [2.24, 2.45) is 0 Å². The first kappa shape index (κ1) is 17.9. The van der Waals surface area contributed by atoms with Crippen LogP contribution in [0.2, 0.25) is 0 Å². The molecule has 0 atom stereocenters. The number of carbonyl (C=O) groups is 2. The smallest absolute Gasteiger partial charge is 0.220 e. The average Bonchev–Trinajstić information content (AvgIpc) is 3.15. The quantitative estimate of drug-likeness (QED) is 0.647. The number of pyridine rings is 1. The van der Waals surface area contributed by atoms with E-state index in [-0.39, 0.29) is 24.5 Å². The molecule has 2 aromatic heterocycles. The van der Waals surface area contributed by atoms with Crippen molar-refractivity contribution >= 4 is 23.0 Å². The van der Waals surface area contributed by atoms with Gasteiger partial charge in [-0.25, -0.2) is 4.98 Å². The lowest BCUT2D eigenvalue weighted by Crippen LogP contribution is -2.23. The van der Waals surface area contributed by atoms with Gasteiger partial charge in [0, 0.05) is 41.7 Å². The number of aromatic nitrogens is 2. The standard InChI is InChI=1S/C20H19N3O2S/c1-14-4-6-15(7-5-14)18(24)8-9-19(25)22-12-17-13-26-20(23-17)16-3-2-10-21-11-16/h2-7,10-11,13H,8-9,12H2,1H3,(H,22,25). The number of thiazole rings is 1. The highest BCUT2D eigenvalue weighted by molar-refractivity contribution is 7.13. The highest BCUT2D eigenvalue weighted by Gasteiger charge is 2.10. The van der Waals surface area contributed by atoms with Crippen LogP contribution >= 0.6 is 11.3 Å². The van der Waals surface area contributed by atoms with Gasteiger partial charge in [0.05, 0.1) is 12.2 Å². The molecule has 3 aromatic rings. The third kappa shape index (κ3) is 4.83. The van der Waals surface area contributed by atoms with Crippen molar-refractivity contribution in [2.75, 3.05) is 0 Å². The monoisotopic (exact) mass is 365 g/mol. The molecule has 0 saturated heterocycles. The first-order chi connectivity index (χ1) is 12.6. The number of hydrogen-bond donors (Lipinski definition) is 1. The third-order valence-corrected chi connectivity index (χ3v) is 4.82. The molecule has 0 bridgehead atoms. The fourth-order valence-electron chi connectivity index (χ4n) is 2.40. The van der Waals surface area contributed by atoms with E-state index in [4.69, 9.17) is 0 Å². The molecule has 0 saturated carbocycles. The van der Waals surface area contributed by atoms with Gasteiger partial charge in [0.1, 0.15) is 5.01 Å². The molecule has 1 N–H and O–H groups in total. The molecule has 6 heteroatoms. The molecule has 132 valence electrons. The van der Waals surface area contributed by atoms with Crippen LogP contribution in [-0.4, -0.2) is 21.7 Å². The highest BCUT2D eigenvalue weighted by atomic mass is 32.1. The second-order valence-electron chi connectivity index (χ2n) is 5.95. The van der Waals surface area contributed by atoms with Gasteiger partial charge in [-0.1, -0.05) is 29.8 Å². The molecule has 1 aromatic carbocycles. The van der Waals surface area contributed by atoms with Crippen LogP contribution in [-0.2, 0) is 11.3 Å². The van der Waals surface area contributed by atoms with Gasteiger partial charge >= 0.3 is 0 Å². The number of aryl methyl sites for hydroxylation is 1. The minimum absolute atomic E-state index is 0.0207. The van der Waals surface area contributed by atoms with Gasteiger partial charge in [0.15, 0.2) is 5.78 Å². The minimum atomic E-state index is -0.151. The number of carbonyl (C=O) groups excluding carboxylic acids is 2. The molecule has 3 rings (SSSR count). The first-order valence-electron chi connectivity index (χ1n) is 8.33. The highest BCUT2D eigenvalue weighted by Crippen LogP contribution is 2.22. The maximum absolute atomic E-state index is 12.1. The molecule has 0 spiro atoms. The van der Waals surface area contributed by atoms with Crippen molar-refractivity contribution in [2.45, 2.75) is 26.3 Å². The number of amides is 1. The van der Waals surface area contributed by atoms with Crippen LogP contribution in [0.1, 0.15) is 34.5 Å². The maximum Gasteiger partial charge on any atom is 0.220 e. The summed E-state index contributed by atoms with van der Waals surface area (Å²) in [6.07, 6.45) is 3.85. The van der Waals surface area contributed by atoms with Gasteiger partial charge in [0.2, 0.25) is 5.91 Å². The number of ketones is 1. The van der Waals surface area contributed by atoms with Gasteiger partial charge in [-0.15, -0.1) is 11.3 Å². The normalized spacial score (nSPS) is 10.5. The summed E-state index contributed by atoms with van der Waals surface area (Å²) in [5, 5.41) is 5.61. The van der Waals surface area contributed by atoms with Crippen molar-refractivity contribution in [1.82, 2.24) is 15.3 Å². The average molecular weight is 365 g/mol. The SMILES string of the molecule is Cc1ccc(C(=O)CCC(=O)NCc2csc(-c3cccnc3)n2)cc1. The number of hydrogen-bond acceptors (Lipinski definition) is 5. The Morgan fingerprint density at radius 2 is 1.92 bits per heavy atom. The van der Waals surface area contributed by atoms with Crippen LogP contribution in [0.25, 0.3) is 10.6 Å². The van der Waals surface area contributed by atoms with Crippen molar-refractivity contribution in [3.05, 3.63) is 71.0 Å². The predicted octanol–water partition coefficient (Wildman–Crippen LogP) is 3.79. The second kappa shape index (κ2) is 8.49. The topological polar surface area (TPSA) is 72.0 Å². The fraction of sp³-hybridized carbons (Fsp3) is 0.200. The minimum Gasteiger partial charge on any atom is -0.350 e. The van der Waals surface area contributed by atoms with Crippen molar-refractivity contribution in [1.29, 1.82) is 0 Å². The van der Waals surface area contributed by atoms with E-state index < -0.39 is 0 Å². The molecular weight excluding hydrogens is 346 g/mol. The summed E-state index contributed by atoms with van der Waals surface area (Å²) in [5.41, 5.74) is 3.50. The van der Waals surface area contributed by atoms with Crippen molar-refractivity contribution in [3.63, 3.8) is 0 Å². The lowest BCUT2D eigenvalue weighted by atomic mass is 10.1. The summed E-state index contributed by atoms with van der Waals surface area (Å²) in [7, 11) is 0. The Balaban J connectivity index is 1.46. The van der Waals surface area contributed by atoms with Gasteiger partial charge in [-0.05, 0) is 19.1 Å². The molecule has 0 aliphatic carbocycles. The van der Waals surface area contributed by atoms with E-state index in [9.17, 15) is 9.59 Å². The van der Waals surface area contributed by atoms with E-state index in [2.05, 4.69) is 15.3 Å². The van der Waals surface area contributed by atoms with E-state index in [1.54, 1.807) is 24.5 Å². The summed E-state index contributed by atoms with van der Waals surface area (Å²) in [4.78, 5) is 32.7. The van der Waals surface area contributed by atoms with Crippen molar-refractivity contribution in [3.8, 4) is 10.6 Å². The fourth-order valence-corrected chi connectivity index (χ4v) is 3.21. The van der Waals surface area contributed by atoms with E-state index in [1.807, 2.05) is 36.6 Å². The maximum atomic E-state index is 12.1. The van der Waals surface area contributed by atoms with Gasteiger partial charge in [0.25, 0.3) is 0 Å². The molecule has 0 radical (unpaired) electrons. The van der Waals surface area contributed by atoms with E-state index in [0.717, 1.165) is 21.8 Å². The summed E-state index contributed by atoms with van der Waals surface area (Å²) in [5.74, 6) is -0.172. The Bertz CT molecular complexity index is 889. The summed E-state index contributed by atoms with van der Waals surface area (Å²) < 4.78 is 0. The Kier molecular flexibility index (Phi) is 5.86. The lowest BCUT2D eigenvalue weighted by molar-refractivity contribution is -0.121. The van der Waals surface area contributed by atoms with Crippen LogP contribution in [0, 0.1) is 6.92 Å². The zero-order valence-corrected chi connectivity index (χ0v) is 15.3. The molecule has 0 fully saturated rings. The van der Waals surface area contributed by atoms with Gasteiger partial charge in [-0.3, -0.25) is 14.6 Å². The van der Waals surface area contributed by atoms with Crippen LogP contribution in [0.15, 0.2) is 54.2 Å². The third-order valence-electron chi connectivity index (χ3n) is 3.88. The Morgan fingerprint density at radius 1 is 1.12 bits per heavy atom. The summed E-state index contributed by atoms with van der Waals surface area (Å²) in [6, 6.07) is 11.2. The Hall–Kier alpha value is -2.86. The van der Waals surface area contributed by atoms with Crippen LogP contribution in [0.3, 0.4) is 0 Å². The zero-order chi connectivity index (χ0) is 18.4. The summed E-state index contributed by atoms with van der Waals surface area (Å²) >= 11 is 1.51. The molecular formula is C20H19N3O2S. The van der Waals surface area contributed by atoms with Gasteiger partial charge in [-0.2, -0.15) is 0 Å². The molecule has 0 aliphatic rings. The number of nitrogens with zero attached hydrogens (tertiary/aromatic N) is 2. The molecule has 0 aliphatic heterocycles. The number of benzene rings is 1. The first-order valence-corrected chi connectivity index (χ1v) is 9.21. The lowest BCUT2D eigenvalue weighted by Gasteiger charge is -2.04. The Labute approximate surface area is 156 Å². The molecule has 2 heterocycles. The zero-order valence-electron chi connectivity index (χ0n) is 14.4.